The molecule has 0 bridgehead atoms. The molecule has 108 valence electrons. The van der Waals surface area contributed by atoms with Gasteiger partial charge in [-0.05, 0) is 24.6 Å². The van der Waals surface area contributed by atoms with E-state index in [2.05, 4.69) is 17.0 Å². The fourth-order valence-electron chi connectivity index (χ4n) is 2.37. The summed E-state index contributed by atoms with van der Waals surface area (Å²) in [5.74, 6) is 1.73. The Bertz CT molecular complexity index is 510. The van der Waals surface area contributed by atoms with Crippen LogP contribution in [0.25, 0.3) is 0 Å². The number of aliphatic hydroxyl groups is 1. The topological polar surface area (TPSA) is 62.6 Å². The van der Waals surface area contributed by atoms with Gasteiger partial charge in [-0.2, -0.15) is 0 Å². The van der Waals surface area contributed by atoms with Crippen molar-refractivity contribution in [2.24, 2.45) is 5.73 Å². The van der Waals surface area contributed by atoms with Gasteiger partial charge in [0.15, 0.2) is 0 Å². The fourth-order valence-corrected chi connectivity index (χ4v) is 2.37. The number of benzene rings is 1. The number of hydrogen-bond acceptors (Lipinski definition) is 4. The summed E-state index contributed by atoms with van der Waals surface area (Å²) in [7, 11) is 0. The summed E-state index contributed by atoms with van der Waals surface area (Å²) in [6, 6.07) is 14.1. The summed E-state index contributed by atoms with van der Waals surface area (Å²) in [5, 5.41) is 9.30. The molecule has 2 aromatic rings. The lowest BCUT2D eigenvalue weighted by Gasteiger charge is -2.29. The smallest absolute Gasteiger partial charge is 0.122 e. The normalized spacial score (nSPS) is 12.8. The van der Waals surface area contributed by atoms with Gasteiger partial charge in [0.2, 0.25) is 0 Å². The maximum atomic E-state index is 9.30. The van der Waals surface area contributed by atoms with Gasteiger partial charge in [-0.15, -0.1) is 0 Å². The van der Waals surface area contributed by atoms with E-state index in [-0.39, 0.29) is 12.6 Å². The predicted molar refractivity (Wildman–Crippen MR) is 79.2 cm³/mol. The van der Waals surface area contributed by atoms with Crippen molar-refractivity contribution < 1.29 is 9.52 Å². The minimum Gasteiger partial charge on any atom is -0.465 e. The lowest BCUT2D eigenvalue weighted by atomic mass is 10.1. The molecule has 1 unspecified atom stereocenters. The van der Waals surface area contributed by atoms with Crippen LogP contribution in [0.4, 0.5) is 0 Å². The molecule has 20 heavy (non-hydrogen) atoms. The second kappa shape index (κ2) is 7.24. The second-order valence-electron chi connectivity index (χ2n) is 4.88. The number of aryl methyl sites for hydroxylation is 1. The summed E-state index contributed by atoms with van der Waals surface area (Å²) in [4.78, 5) is 2.15. The summed E-state index contributed by atoms with van der Waals surface area (Å²) in [6.45, 7) is 3.78. The first-order valence-corrected chi connectivity index (χ1v) is 6.90. The highest BCUT2D eigenvalue weighted by Gasteiger charge is 2.21. The van der Waals surface area contributed by atoms with Crippen molar-refractivity contribution in [1.82, 2.24) is 4.90 Å². The fraction of sp³-hybridized carbons (Fsp3) is 0.375. The molecule has 4 nitrogen and oxygen atoms in total. The van der Waals surface area contributed by atoms with Crippen LogP contribution >= 0.6 is 0 Å². The highest BCUT2D eigenvalue weighted by molar-refractivity contribution is 5.16. The second-order valence-corrected chi connectivity index (χ2v) is 4.88. The number of nitrogens with two attached hydrogens (primary N) is 1. The van der Waals surface area contributed by atoms with Crippen molar-refractivity contribution in [3.63, 3.8) is 0 Å². The van der Waals surface area contributed by atoms with Crippen LogP contribution in [-0.2, 0) is 6.54 Å². The van der Waals surface area contributed by atoms with Gasteiger partial charge in [0.05, 0.1) is 12.6 Å². The molecule has 2 rings (SSSR count). The molecule has 0 aliphatic carbocycles. The maximum Gasteiger partial charge on any atom is 0.122 e. The van der Waals surface area contributed by atoms with Gasteiger partial charge in [-0.1, -0.05) is 30.3 Å². The molecule has 0 aliphatic heterocycles. The predicted octanol–water partition coefficient (Wildman–Crippen LogP) is 2.08. The number of aliphatic hydroxyl groups excluding tert-OH is 1. The van der Waals surface area contributed by atoms with Crippen molar-refractivity contribution in [3.05, 3.63) is 59.5 Å². The molecule has 1 atom stereocenters. The molecule has 1 heterocycles. The Labute approximate surface area is 119 Å². The van der Waals surface area contributed by atoms with E-state index in [1.807, 2.05) is 37.3 Å². The SMILES string of the molecule is Cc1ccc(C(CN)N(CCO)Cc2ccccc2)o1. The Morgan fingerprint density at radius 3 is 2.50 bits per heavy atom. The summed E-state index contributed by atoms with van der Waals surface area (Å²) in [6.07, 6.45) is 0. The van der Waals surface area contributed by atoms with E-state index in [0.717, 1.165) is 18.1 Å². The molecule has 4 heteroatoms. The van der Waals surface area contributed by atoms with Gasteiger partial charge in [0.1, 0.15) is 11.5 Å². The van der Waals surface area contributed by atoms with Crippen molar-refractivity contribution in [2.45, 2.75) is 19.5 Å². The molecule has 0 fully saturated rings. The first kappa shape index (κ1) is 14.8. The molecule has 0 saturated heterocycles. The quantitative estimate of drug-likeness (QED) is 0.811. The van der Waals surface area contributed by atoms with Crippen LogP contribution in [0.3, 0.4) is 0 Å². The van der Waals surface area contributed by atoms with Gasteiger partial charge in [-0.25, -0.2) is 0 Å². The Kier molecular flexibility index (Phi) is 5.35. The van der Waals surface area contributed by atoms with E-state index in [1.165, 1.54) is 5.56 Å². The van der Waals surface area contributed by atoms with E-state index in [1.54, 1.807) is 0 Å². The van der Waals surface area contributed by atoms with Gasteiger partial charge in [0, 0.05) is 19.6 Å². The minimum absolute atomic E-state index is 0.0175. The monoisotopic (exact) mass is 274 g/mol. The van der Waals surface area contributed by atoms with Gasteiger partial charge in [-0.3, -0.25) is 4.90 Å². The number of furan rings is 1. The third-order valence-electron chi connectivity index (χ3n) is 3.37. The zero-order valence-corrected chi connectivity index (χ0v) is 11.8. The van der Waals surface area contributed by atoms with Crippen molar-refractivity contribution in [3.8, 4) is 0 Å². The van der Waals surface area contributed by atoms with Crippen LogP contribution in [0, 0.1) is 6.92 Å². The molecule has 0 amide bonds. The van der Waals surface area contributed by atoms with E-state index in [9.17, 15) is 5.11 Å². The lowest BCUT2D eigenvalue weighted by molar-refractivity contribution is 0.132. The summed E-state index contributed by atoms with van der Waals surface area (Å²) >= 11 is 0. The Morgan fingerprint density at radius 2 is 1.95 bits per heavy atom. The molecule has 3 N–H and O–H groups in total. The zero-order valence-electron chi connectivity index (χ0n) is 11.8. The average molecular weight is 274 g/mol. The van der Waals surface area contributed by atoms with Crippen molar-refractivity contribution in [2.75, 3.05) is 19.7 Å². The highest BCUT2D eigenvalue weighted by Crippen LogP contribution is 2.23. The molecule has 1 aromatic heterocycles. The Hall–Kier alpha value is -1.62. The molecule has 0 radical (unpaired) electrons. The standard InChI is InChI=1S/C16H22N2O2/c1-13-7-8-16(20-13)15(11-17)18(9-10-19)12-14-5-3-2-4-6-14/h2-8,15,19H,9-12,17H2,1H3. The van der Waals surface area contributed by atoms with Crippen molar-refractivity contribution >= 4 is 0 Å². The molecule has 1 aromatic carbocycles. The van der Waals surface area contributed by atoms with E-state index in [4.69, 9.17) is 10.2 Å². The lowest BCUT2D eigenvalue weighted by Crippen LogP contribution is -2.35. The van der Waals surface area contributed by atoms with Gasteiger partial charge in [0.25, 0.3) is 0 Å². The minimum atomic E-state index is -0.0175. The largest absolute Gasteiger partial charge is 0.465 e. The van der Waals surface area contributed by atoms with Crippen LogP contribution in [-0.4, -0.2) is 29.7 Å². The Morgan fingerprint density at radius 1 is 1.20 bits per heavy atom. The molecule has 0 saturated carbocycles. The third-order valence-corrected chi connectivity index (χ3v) is 3.37. The highest BCUT2D eigenvalue weighted by atomic mass is 16.3. The van der Waals surface area contributed by atoms with Crippen LogP contribution in [0.2, 0.25) is 0 Å². The van der Waals surface area contributed by atoms with Crippen molar-refractivity contribution in [1.29, 1.82) is 0 Å². The first-order chi connectivity index (χ1) is 9.74. The van der Waals surface area contributed by atoms with E-state index < -0.39 is 0 Å². The average Bonchev–Trinajstić information content (AvgIpc) is 2.87. The van der Waals surface area contributed by atoms with E-state index >= 15 is 0 Å². The van der Waals surface area contributed by atoms with Crippen LogP contribution in [0.5, 0.6) is 0 Å². The molecule has 0 aliphatic rings. The molecular formula is C16H22N2O2. The first-order valence-electron chi connectivity index (χ1n) is 6.90. The van der Waals surface area contributed by atoms with Gasteiger partial charge < -0.3 is 15.3 Å². The molecular weight excluding hydrogens is 252 g/mol. The number of nitrogens with zero attached hydrogens (tertiary/aromatic N) is 1. The van der Waals surface area contributed by atoms with Crippen LogP contribution in [0.15, 0.2) is 46.9 Å². The zero-order chi connectivity index (χ0) is 14.4. The summed E-state index contributed by atoms with van der Waals surface area (Å²) in [5.41, 5.74) is 7.11. The van der Waals surface area contributed by atoms with E-state index in [0.29, 0.717) is 13.1 Å². The number of hydrogen-bond donors (Lipinski definition) is 2. The Balaban J connectivity index is 2.17. The van der Waals surface area contributed by atoms with Crippen LogP contribution < -0.4 is 5.73 Å². The molecule has 0 spiro atoms. The maximum absolute atomic E-state index is 9.30. The number of rotatable bonds is 7. The van der Waals surface area contributed by atoms with Gasteiger partial charge >= 0.3 is 0 Å². The third kappa shape index (κ3) is 3.70. The van der Waals surface area contributed by atoms with Crippen LogP contribution in [0.1, 0.15) is 23.1 Å². The summed E-state index contributed by atoms with van der Waals surface area (Å²) < 4.78 is 5.70.